The summed E-state index contributed by atoms with van der Waals surface area (Å²) >= 11 is 1.83. The first-order valence-electron chi connectivity index (χ1n) is 6.52. The van der Waals surface area contributed by atoms with E-state index in [2.05, 4.69) is 37.3 Å². The third-order valence-electron chi connectivity index (χ3n) is 3.44. The minimum atomic E-state index is 0.388. The number of nitrogens with one attached hydrogen (secondary N) is 1. The lowest BCUT2D eigenvalue weighted by molar-refractivity contribution is 0.633. The summed E-state index contributed by atoms with van der Waals surface area (Å²) in [4.78, 5) is 5.95. The van der Waals surface area contributed by atoms with Crippen molar-refractivity contribution >= 4 is 11.3 Å². The molecule has 0 amide bonds. The molecule has 2 rings (SSSR count). The van der Waals surface area contributed by atoms with Gasteiger partial charge in [-0.25, -0.2) is 4.98 Å². The van der Waals surface area contributed by atoms with Gasteiger partial charge in [0, 0.05) is 4.88 Å². The molecule has 0 spiro atoms. The highest BCUT2D eigenvalue weighted by atomic mass is 32.1. The van der Waals surface area contributed by atoms with E-state index in [9.17, 15) is 0 Å². The van der Waals surface area contributed by atoms with Crippen LogP contribution in [0.3, 0.4) is 0 Å². The molecule has 17 heavy (non-hydrogen) atoms. The first kappa shape index (κ1) is 12.8. The highest BCUT2D eigenvalue weighted by molar-refractivity contribution is 7.11. The zero-order chi connectivity index (χ0) is 12.3. The van der Waals surface area contributed by atoms with Gasteiger partial charge in [-0.3, -0.25) is 0 Å². The molecule has 1 aromatic rings. The molecule has 1 aromatic heterocycles. The van der Waals surface area contributed by atoms with Crippen LogP contribution in [0, 0.1) is 13.8 Å². The average Bonchev–Trinajstić information content (AvgIpc) is 2.55. The van der Waals surface area contributed by atoms with Crippen LogP contribution in [0.15, 0.2) is 11.6 Å². The van der Waals surface area contributed by atoms with Crippen molar-refractivity contribution in [2.45, 2.75) is 52.0 Å². The Morgan fingerprint density at radius 1 is 1.29 bits per heavy atom. The first-order valence-corrected chi connectivity index (χ1v) is 7.34. The third kappa shape index (κ3) is 2.96. The number of hydrogen-bond acceptors (Lipinski definition) is 3. The second kappa shape index (κ2) is 5.78. The largest absolute Gasteiger partial charge is 0.309 e. The van der Waals surface area contributed by atoms with Gasteiger partial charge in [-0.2, -0.15) is 0 Å². The van der Waals surface area contributed by atoms with Crippen molar-refractivity contribution in [3.8, 4) is 0 Å². The predicted molar refractivity (Wildman–Crippen MR) is 74.6 cm³/mol. The molecule has 1 aliphatic rings. The number of hydrogen-bond donors (Lipinski definition) is 1. The van der Waals surface area contributed by atoms with Gasteiger partial charge in [0.05, 0.1) is 16.7 Å². The fourth-order valence-electron chi connectivity index (χ4n) is 2.60. The molecular formula is C14H22N2S. The third-order valence-corrected chi connectivity index (χ3v) is 4.57. The normalized spacial score (nSPS) is 18.6. The minimum Gasteiger partial charge on any atom is -0.309 e. The lowest BCUT2D eigenvalue weighted by atomic mass is 10.00. The number of aryl methyl sites for hydroxylation is 2. The molecule has 0 aliphatic heterocycles. The molecule has 1 aliphatic carbocycles. The zero-order valence-electron chi connectivity index (χ0n) is 11.0. The Balaban J connectivity index is 2.26. The topological polar surface area (TPSA) is 24.9 Å². The Morgan fingerprint density at radius 2 is 2.12 bits per heavy atom. The summed E-state index contributed by atoms with van der Waals surface area (Å²) in [6.45, 7) is 4.22. The van der Waals surface area contributed by atoms with Crippen LogP contribution in [0.5, 0.6) is 0 Å². The SMILES string of the molecule is CNC(C1=CCCCCC1)c1sc(C)nc1C. The first-order chi connectivity index (χ1) is 8.22. The number of allylic oxidation sites excluding steroid dienone is 1. The molecule has 1 heterocycles. The zero-order valence-corrected chi connectivity index (χ0v) is 11.9. The number of nitrogens with zero attached hydrogens (tertiary/aromatic N) is 1. The highest BCUT2D eigenvalue weighted by Gasteiger charge is 2.20. The lowest BCUT2D eigenvalue weighted by Gasteiger charge is -2.18. The van der Waals surface area contributed by atoms with Crippen molar-refractivity contribution in [1.29, 1.82) is 0 Å². The Kier molecular flexibility index (Phi) is 4.35. The molecule has 94 valence electrons. The highest BCUT2D eigenvalue weighted by Crippen LogP contribution is 2.33. The summed E-state index contributed by atoms with van der Waals surface area (Å²) in [6, 6.07) is 0.388. The standard InChI is InChI=1S/C14H22N2S/c1-10-14(17-11(2)16-10)13(15-3)12-8-6-4-5-7-9-12/h8,13,15H,4-7,9H2,1-3H3. The van der Waals surface area contributed by atoms with Crippen molar-refractivity contribution < 1.29 is 0 Å². The Labute approximate surface area is 108 Å². The van der Waals surface area contributed by atoms with Crippen LogP contribution < -0.4 is 5.32 Å². The lowest BCUT2D eigenvalue weighted by Crippen LogP contribution is -2.18. The molecule has 0 saturated heterocycles. The Hall–Kier alpha value is -0.670. The Morgan fingerprint density at radius 3 is 2.76 bits per heavy atom. The average molecular weight is 250 g/mol. The molecule has 0 aromatic carbocycles. The molecule has 0 saturated carbocycles. The van der Waals surface area contributed by atoms with Crippen LogP contribution in [0.1, 0.15) is 53.7 Å². The van der Waals surface area contributed by atoms with Gasteiger partial charge in [-0.1, -0.05) is 18.1 Å². The van der Waals surface area contributed by atoms with Crippen LogP contribution in [0.25, 0.3) is 0 Å². The van der Waals surface area contributed by atoms with Crippen molar-refractivity contribution in [2.24, 2.45) is 0 Å². The number of rotatable bonds is 3. The molecule has 3 heteroatoms. The van der Waals surface area contributed by atoms with Gasteiger partial charge < -0.3 is 5.32 Å². The summed E-state index contributed by atoms with van der Waals surface area (Å²) in [5.41, 5.74) is 2.76. The molecular weight excluding hydrogens is 228 g/mol. The molecule has 0 fully saturated rings. The van der Waals surface area contributed by atoms with Gasteiger partial charge >= 0.3 is 0 Å². The van der Waals surface area contributed by atoms with Crippen LogP contribution in [0.2, 0.25) is 0 Å². The van der Waals surface area contributed by atoms with E-state index in [1.165, 1.54) is 47.7 Å². The minimum absolute atomic E-state index is 0.388. The summed E-state index contributed by atoms with van der Waals surface area (Å²) in [7, 11) is 2.06. The van der Waals surface area contributed by atoms with Gasteiger partial charge in [0.1, 0.15) is 0 Å². The van der Waals surface area contributed by atoms with Gasteiger partial charge in [0.2, 0.25) is 0 Å². The van der Waals surface area contributed by atoms with E-state index in [1.807, 2.05) is 11.3 Å². The summed E-state index contributed by atoms with van der Waals surface area (Å²) < 4.78 is 0. The van der Waals surface area contributed by atoms with Gasteiger partial charge in [-0.15, -0.1) is 11.3 Å². The molecule has 2 nitrogen and oxygen atoms in total. The maximum Gasteiger partial charge on any atom is 0.0900 e. The van der Waals surface area contributed by atoms with E-state index in [-0.39, 0.29) is 0 Å². The smallest absolute Gasteiger partial charge is 0.0900 e. The number of likely N-dealkylation sites (N-methyl/N-ethyl adjacent to an activating group) is 1. The second-order valence-electron chi connectivity index (χ2n) is 4.78. The fourth-order valence-corrected chi connectivity index (χ4v) is 3.68. The summed E-state index contributed by atoms with van der Waals surface area (Å²) in [5.74, 6) is 0. The summed E-state index contributed by atoms with van der Waals surface area (Å²) in [6.07, 6.45) is 8.98. The number of aromatic nitrogens is 1. The fraction of sp³-hybridized carbons (Fsp3) is 0.643. The molecule has 0 radical (unpaired) electrons. The van der Waals surface area contributed by atoms with E-state index >= 15 is 0 Å². The monoisotopic (exact) mass is 250 g/mol. The maximum absolute atomic E-state index is 4.55. The maximum atomic E-state index is 4.55. The van der Waals surface area contributed by atoms with Crippen molar-refractivity contribution in [3.05, 3.63) is 27.2 Å². The van der Waals surface area contributed by atoms with Crippen molar-refractivity contribution in [3.63, 3.8) is 0 Å². The van der Waals surface area contributed by atoms with E-state index < -0.39 is 0 Å². The van der Waals surface area contributed by atoms with E-state index in [4.69, 9.17) is 0 Å². The van der Waals surface area contributed by atoms with Crippen LogP contribution in [-0.4, -0.2) is 12.0 Å². The molecule has 1 N–H and O–H groups in total. The van der Waals surface area contributed by atoms with Crippen molar-refractivity contribution in [2.75, 3.05) is 7.05 Å². The Bertz CT molecular complexity index is 406. The molecule has 1 unspecified atom stereocenters. The van der Waals surface area contributed by atoms with Gasteiger partial charge in [0.25, 0.3) is 0 Å². The van der Waals surface area contributed by atoms with E-state index in [1.54, 1.807) is 5.57 Å². The van der Waals surface area contributed by atoms with Gasteiger partial charge in [0.15, 0.2) is 0 Å². The van der Waals surface area contributed by atoms with Gasteiger partial charge in [-0.05, 0) is 46.6 Å². The second-order valence-corrected chi connectivity index (χ2v) is 6.02. The van der Waals surface area contributed by atoms with Crippen LogP contribution in [0.4, 0.5) is 0 Å². The quantitative estimate of drug-likeness (QED) is 0.823. The van der Waals surface area contributed by atoms with Crippen molar-refractivity contribution in [1.82, 2.24) is 10.3 Å². The molecule has 0 bridgehead atoms. The predicted octanol–water partition coefficient (Wildman–Crippen LogP) is 3.91. The van der Waals surface area contributed by atoms with Crippen LogP contribution in [-0.2, 0) is 0 Å². The summed E-state index contributed by atoms with van der Waals surface area (Å²) in [5, 5.41) is 4.65. The van der Waals surface area contributed by atoms with E-state index in [0.717, 1.165) is 0 Å². The van der Waals surface area contributed by atoms with Crippen LogP contribution >= 0.6 is 11.3 Å². The molecule has 1 atom stereocenters. The number of thiazole rings is 1. The van der Waals surface area contributed by atoms with E-state index in [0.29, 0.717) is 6.04 Å².